The average molecular weight is 323 g/mol. The van der Waals surface area contributed by atoms with Crippen LogP contribution >= 0.6 is 0 Å². The molecule has 0 aliphatic carbocycles. The monoisotopic (exact) mass is 323 g/mol. The maximum atomic E-state index is 11.7. The molecule has 2 rings (SSSR count). The number of hydrogen-bond acceptors (Lipinski definition) is 3. The van der Waals surface area contributed by atoms with Gasteiger partial charge >= 0.3 is 6.03 Å². The van der Waals surface area contributed by atoms with Crippen molar-refractivity contribution in [2.45, 2.75) is 26.2 Å². The van der Waals surface area contributed by atoms with Crippen molar-refractivity contribution in [2.75, 3.05) is 11.9 Å². The number of nitrogens with one attached hydrogen (secondary N) is 2. The van der Waals surface area contributed by atoms with Crippen LogP contribution < -0.4 is 15.4 Å². The van der Waals surface area contributed by atoms with Gasteiger partial charge in [-0.25, -0.2) is 4.79 Å². The summed E-state index contributed by atoms with van der Waals surface area (Å²) in [5, 5.41) is 14.7. The maximum Gasteiger partial charge on any atom is 0.319 e. The summed E-state index contributed by atoms with van der Waals surface area (Å²) in [5.74, 6) is 1.11. The van der Waals surface area contributed by atoms with Crippen molar-refractivity contribution >= 4 is 11.7 Å². The molecule has 0 atom stereocenters. The fourth-order valence-corrected chi connectivity index (χ4v) is 2.13. The lowest BCUT2D eigenvalue weighted by Gasteiger charge is -2.09. The van der Waals surface area contributed by atoms with Crippen LogP contribution in [0.15, 0.2) is 48.5 Å². The van der Waals surface area contributed by atoms with E-state index in [4.69, 9.17) is 10.00 Å². The Morgan fingerprint density at radius 3 is 2.58 bits per heavy atom. The molecule has 0 saturated carbocycles. The predicted molar refractivity (Wildman–Crippen MR) is 94.2 cm³/mol. The zero-order chi connectivity index (χ0) is 17.2. The van der Waals surface area contributed by atoms with Crippen LogP contribution in [0.2, 0.25) is 0 Å². The molecule has 2 amide bonds. The molecule has 0 aliphatic heterocycles. The van der Waals surface area contributed by atoms with E-state index < -0.39 is 0 Å². The van der Waals surface area contributed by atoms with Crippen molar-refractivity contribution in [3.05, 3.63) is 54.1 Å². The van der Waals surface area contributed by atoms with Crippen molar-refractivity contribution in [3.8, 4) is 17.6 Å². The van der Waals surface area contributed by atoms with Crippen LogP contribution in [0.4, 0.5) is 10.5 Å². The molecule has 2 aromatic carbocycles. The lowest BCUT2D eigenvalue weighted by molar-refractivity contribution is 0.252. The molecule has 0 heterocycles. The lowest BCUT2D eigenvalue weighted by atomic mass is 10.2. The molecular formula is C19H21N3O2. The first kappa shape index (κ1) is 17.4. The molecule has 2 aromatic rings. The topological polar surface area (TPSA) is 74.2 Å². The van der Waals surface area contributed by atoms with E-state index in [9.17, 15) is 4.79 Å². The minimum atomic E-state index is -0.213. The smallest absolute Gasteiger partial charge is 0.319 e. The van der Waals surface area contributed by atoms with E-state index in [1.165, 1.54) is 0 Å². The molecule has 24 heavy (non-hydrogen) atoms. The number of urea groups is 1. The summed E-state index contributed by atoms with van der Waals surface area (Å²) in [6.45, 7) is 2.80. The van der Waals surface area contributed by atoms with Crippen molar-refractivity contribution in [3.63, 3.8) is 0 Å². The van der Waals surface area contributed by atoms with Crippen LogP contribution in [-0.4, -0.2) is 12.6 Å². The molecule has 5 heteroatoms. The van der Waals surface area contributed by atoms with E-state index in [1.54, 1.807) is 42.5 Å². The maximum absolute atomic E-state index is 11.7. The van der Waals surface area contributed by atoms with Gasteiger partial charge in [0.25, 0.3) is 0 Å². The van der Waals surface area contributed by atoms with E-state index in [0.717, 1.165) is 19.3 Å². The second-order valence-electron chi connectivity index (χ2n) is 5.32. The Hall–Kier alpha value is -3.00. The summed E-state index contributed by atoms with van der Waals surface area (Å²) in [6, 6.07) is 16.0. The van der Waals surface area contributed by atoms with Crippen molar-refractivity contribution < 1.29 is 9.53 Å². The Morgan fingerprint density at radius 2 is 1.88 bits per heavy atom. The molecule has 0 aromatic heterocycles. The number of nitrogens with zero attached hydrogens (tertiary/aromatic N) is 1. The second kappa shape index (κ2) is 9.21. The number of unbranched alkanes of at least 4 members (excludes halogenated alkanes) is 2. The van der Waals surface area contributed by atoms with Gasteiger partial charge in [-0.05, 0) is 42.8 Å². The van der Waals surface area contributed by atoms with Crippen LogP contribution in [0.3, 0.4) is 0 Å². The number of carbonyl (C=O) groups excluding carboxylic acids is 1. The molecule has 0 saturated heterocycles. The number of rotatable bonds is 7. The van der Waals surface area contributed by atoms with Crippen LogP contribution in [0, 0.1) is 11.3 Å². The van der Waals surface area contributed by atoms with Crippen LogP contribution in [0.5, 0.6) is 11.5 Å². The molecule has 0 fully saturated rings. The summed E-state index contributed by atoms with van der Waals surface area (Å²) >= 11 is 0. The predicted octanol–water partition coefficient (Wildman–Crippen LogP) is 4.66. The largest absolute Gasteiger partial charge is 0.456 e. The average Bonchev–Trinajstić information content (AvgIpc) is 2.61. The number of anilines is 1. The molecular weight excluding hydrogens is 302 g/mol. The fraction of sp³-hybridized carbons (Fsp3) is 0.263. The first-order valence-electron chi connectivity index (χ1n) is 8.05. The lowest BCUT2D eigenvalue weighted by Crippen LogP contribution is -2.29. The fourth-order valence-electron chi connectivity index (χ4n) is 2.13. The van der Waals surface area contributed by atoms with Gasteiger partial charge in [0.05, 0.1) is 5.56 Å². The Bertz CT molecular complexity index is 705. The number of para-hydroxylation sites is 1. The van der Waals surface area contributed by atoms with Gasteiger partial charge in [-0.15, -0.1) is 0 Å². The Labute approximate surface area is 142 Å². The van der Waals surface area contributed by atoms with Gasteiger partial charge in [-0.1, -0.05) is 31.9 Å². The molecule has 0 radical (unpaired) electrons. The summed E-state index contributed by atoms with van der Waals surface area (Å²) in [6.07, 6.45) is 3.21. The zero-order valence-electron chi connectivity index (χ0n) is 13.7. The Morgan fingerprint density at radius 1 is 1.12 bits per heavy atom. The third-order valence-corrected chi connectivity index (χ3v) is 3.41. The normalized spacial score (nSPS) is 9.83. The van der Waals surface area contributed by atoms with Gasteiger partial charge in [-0.2, -0.15) is 5.26 Å². The van der Waals surface area contributed by atoms with Gasteiger partial charge in [0, 0.05) is 12.2 Å². The molecule has 5 nitrogen and oxygen atoms in total. The van der Waals surface area contributed by atoms with Crippen LogP contribution in [0.25, 0.3) is 0 Å². The summed E-state index contributed by atoms with van der Waals surface area (Å²) in [7, 11) is 0. The number of hydrogen-bond donors (Lipinski definition) is 2. The molecule has 0 bridgehead atoms. The van der Waals surface area contributed by atoms with Crippen molar-refractivity contribution in [1.29, 1.82) is 5.26 Å². The molecule has 0 aliphatic rings. The highest BCUT2D eigenvalue weighted by Crippen LogP contribution is 2.25. The first-order chi connectivity index (χ1) is 11.7. The van der Waals surface area contributed by atoms with Gasteiger partial charge < -0.3 is 15.4 Å². The number of nitriles is 1. The zero-order valence-corrected chi connectivity index (χ0v) is 13.7. The number of benzene rings is 2. The highest BCUT2D eigenvalue weighted by atomic mass is 16.5. The quantitative estimate of drug-likeness (QED) is 0.728. The number of carbonyl (C=O) groups is 1. The van der Waals surface area contributed by atoms with Gasteiger partial charge in [0.1, 0.15) is 17.6 Å². The number of amides is 2. The van der Waals surface area contributed by atoms with E-state index in [-0.39, 0.29) is 6.03 Å². The van der Waals surface area contributed by atoms with E-state index in [1.807, 2.05) is 6.07 Å². The van der Waals surface area contributed by atoms with E-state index >= 15 is 0 Å². The highest BCUT2D eigenvalue weighted by Gasteiger charge is 2.05. The SMILES string of the molecule is CCCCCNC(=O)Nc1ccc(Oc2ccccc2C#N)cc1. The van der Waals surface area contributed by atoms with E-state index in [0.29, 0.717) is 29.3 Å². The summed E-state index contributed by atoms with van der Waals surface area (Å²) < 4.78 is 5.70. The summed E-state index contributed by atoms with van der Waals surface area (Å²) in [5.41, 5.74) is 1.16. The van der Waals surface area contributed by atoms with Crippen molar-refractivity contribution in [1.82, 2.24) is 5.32 Å². The molecule has 124 valence electrons. The Balaban J connectivity index is 1.89. The third kappa shape index (κ3) is 5.33. The second-order valence-corrected chi connectivity index (χ2v) is 5.32. The van der Waals surface area contributed by atoms with Crippen LogP contribution in [-0.2, 0) is 0 Å². The van der Waals surface area contributed by atoms with E-state index in [2.05, 4.69) is 23.6 Å². The standard InChI is InChI=1S/C19H21N3O2/c1-2-3-6-13-21-19(23)22-16-9-11-17(12-10-16)24-18-8-5-4-7-15(18)14-20/h4-5,7-12H,2-3,6,13H2,1H3,(H2,21,22,23). The minimum absolute atomic E-state index is 0.213. The summed E-state index contributed by atoms with van der Waals surface area (Å²) in [4.78, 5) is 11.7. The molecule has 0 unspecified atom stereocenters. The third-order valence-electron chi connectivity index (χ3n) is 3.41. The van der Waals surface area contributed by atoms with Gasteiger partial charge in [-0.3, -0.25) is 0 Å². The Kier molecular flexibility index (Phi) is 6.66. The number of ether oxygens (including phenoxy) is 1. The highest BCUT2D eigenvalue weighted by molar-refractivity contribution is 5.89. The van der Waals surface area contributed by atoms with Crippen molar-refractivity contribution in [2.24, 2.45) is 0 Å². The first-order valence-corrected chi connectivity index (χ1v) is 8.05. The van der Waals surface area contributed by atoms with Gasteiger partial charge in [0.15, 0.2) is 0 Å². The minimum Gasteiger partial charge on any atom is -0.456 e. The molecule has 0 spiro atoms. The molecule has 2 N–H and O–H groups in total. The van der Waals surface area contributed by atoms with Crippen LogP contribution in [0.1, 0.15) is 31.7 Å². The van der Waals surface area contributed by atoms with Gasteiger partial charge in [0.2, 0.25) is 0 Å².